The van der Waals surface area contributed by atoms with Crippen LogP contribution in [0.4, 0.5) is 0 Å². The molecule has 0 spiro atoms. The van der Waals surface area contributed by atoms with Gasteiger partial charge in [0.15, 0.2) is 0 Å². The van der Waals surface area contributed by atoms with Gasteiger partial charge >= 0.3 is 0 Å². The Morgan fingerprint density at radius 2 is 2.00 bits per heavy atom. The monoisotopic (exact) mass is 293 g/mol. The fourth-order valence-electron chi connectivity index (χ4n) is 3.30. The van der Waals surface area contributed by atoms with Gasteiger partial charge in [0.2, 0.25) is 0 Å². The summed E-state index contributed by atoms with van der Waals surface area (Å²) in [6.45, 7) is 7.75. The normalized spacial score (nSPS) is 26.9. The van der Waals surface area contributed by atoms with Crippen molar-refractivity contribution >= 4 is 11.6 Å². The number of benzene rings is 1. The predicted octanol–water partition coefficient (Wildman–Crippen LogP) is 5.09. The fourth-order valence-corrected chi connectivity index (χ4v) is 3.64. The maximum atomic E-state index is 6.27. The zero-order valence-electron chi connectivity index (χ0n) is 13.1. The number of rotatable bonds is 5. The maximum absolute atomic E-state index is 6.27. The number of halogens is 1. The summed E-state index contributed by atoms with van der Waals surface area (Å²) in [6, 6.07) is 8.99. The molecule has 1 aromatic rings. The Labute approximate surface area is 129 Å². The van der Waals surface area contributed by atoms with E-state index in [-0.39, 0.29) is 5.54 Å². The minimum absolute atomic E-state index is 0.149. The molecule has 1 aliphatic carbocycles. The van der Waals surface area contributed by atoms with E-state index >= 15 is 0 Å². The molecule has 1 N–H and O–H groups in total. The van der Waals surface area contributed by atoms with E-state index in [1.54, 1.807) is 0 Å². The van der Waals surface area contributed by atoms with Crippen LogP contribution in [0.25, 0.3) is 0 Å². The first-order chi connectivity index (χ1) is 9.54. The highest BCUT2D eigenvalue weighted by Crippen LogP contribution is 2.33. The SMILES string of the molecule is CC1CCCC(CCl)(NCc2ccc(C(C)C)cc2)C1. The molecule has 1 aromatic carbocycles. The van der Waals surface area contributed by atoms with Gasteiger partial charge in [0.05, 0.1) is 0 Å². The van der Waals surface area contributed by atoms with E-state index in [0.717, 1.165) is 18.3 Å². The highest BCUT2D eigenvalue weighted by atomic mass is 35.5. The van der Waals surface area contributed by atoms with Gasteiger partial charge < -0.3 is 5.32 Å². The Hall–Kier alpha value is -0.530. The minimum Gasteiger partial charge on any atom is -0.306 e. The fraction of sp³-hybridized carbons (Fsp3) is 0.667. The van der Waals surface area contributed by atoms with E-state index in [4.69, 9.17) is 11.6 Å². The van der Waals surface area contributed by atoms with E-state index < -0.39 is 0 Å². The van der Waals surface area contributed by atoms with Crippen LogP contribution in [0.1, 0.15) is 63.5 Å². The largest absolute Gasteiger partial charge is 0.306 e. The molecule has 0 bridgehead atoms. The minimum atomic E-state index is 0.149. The quantitative estimate of drug-likeness (QED) is 0.746. The van der Waals surface area contributed by atoms with Gasteiger partial charge in [-0.1, -0.05) is 57.9 Å². The van der Waals surface area contributed by atoms with Crippen LogP contribution in [-0.2, 0) is 6.54 Å². The van der Waals surface area contributed by atoms with Crippen molar-refractivity contribution in [2.24, 2.45) is 5.92 Å². The van der Waals surface area contributed by atoms with Crippen molar-refractivity contribution in [3.8, 4) is 0 Å². The number of hydrogen-bond acceptors (Lipinski definition) is 1. The first-order valence-electron chi connectivity index (χ1n) is 7.94. The summed E-state index contributed by atoms with van der Waals surface area (Å²) < 4.78 is 0. The molecular weight excluding hydrogens is 266 g/mol. The Bertz CT molecular complexity index is 412. The lowest BCUT2D eigenvalue weighted by molar-refractivity contribution is 0.207. The molecule has 2 rings (SSSR count). The molecule has 1 nitrogen and oxygen atoms in total. The summed E-state index contributed by atoms with van der Waals surface area (Å²) in [4.78, 5) is 0. The van der Waals surface area contributed by atoms with Crippen LogP contribution >= 0.6 is 11.6 Å². The Kier molecular flexibility index (Phi) is 5.51. The van der Waals surface area contributed by atoms with E-state index in [0.29, 0.717) is 5.92 Å². The van der Waals surface area contributed by atoms with Crippen molar-refractivity contribution in [3.63, 3.8) is 0 Å². The number of nitrogens with one attached hydrogen (secondary N) is 1. The molecule has 0 aliphatic heterocycles. The van der Waals surface area contributed by atoms with E-state index in [1.807, 2.05) is 0 Å². The van der Waals surface area contributed by atoms with Crippen molar-refractivity contribution in [1.82, 2.24) is 5.32 Å². The smallest absolute Gasteiger partial charge is 0.0406 e. The van der Waals surface area contributed by atoms with E-state index in [1.165, 1.54) is 36.8 Å². The Morgan fingerprint density at radius 1 is 1.30 bits per heavy atom. The third-order valence-electron chi connectivity index (χ3n) is 4.66. The lowest BCUT2D eigenvalue weighted by atomic mass is 9.77. The van der Waals surface area contributed by atoms with E-state index in [9.17, 15) is 0 Å². The van der Waals surface area contributed by atoms with Crippen LogP contribution in [-0.4, -0.2) is 11.4 Å². The maximum Gasteiger partial charge on any atom is 0.0406 e. The van der Waals surface area contributed by atoms with Gasteiger partial charge in [0.1, 0.15) is 0 Å². The van der Waals surface area contributed by atoms with Crippen LogP contribution < -0.4 is 5.32 Å². The molecule has 0 radical (unpaired) electrons. The van der Waals surface area contributed by atoms with Gasteiger partial charge in [-0.15, -0.1) is 11.6 Å². The summed E-state index contributed by atoms with van der Waals surface area (Å²) >= 11 is 6.27. The van der Waals surface area contributed by atoms with Gasteiger partial charge in [-0.2, -0.15) is 0 Å². The van der Waals surface area contributed by atoms with Crippen molar-refractivity contribution < 1.29 is 0 Å². The molecule has 1 aliphatic rings. The van der Waals surface area contributed by atoms with Gasteiger partial charge in [-0.3, -0.25) is 0 Å². The second kappa shape index (κ2) is 6.95. The summed E-state index contributed by atoms with van der Waals surface area (Å²) in [5.74, 6) is 2.12. The lowest BCUT2D eigenvalue weighted by Gasteiger charge is -2.39. The topological polar surface area (TPSA) is 12.0 Å². The zero-order valence-corrected chi connectivity index (χ0v) is 13.8. The molecule has 0 heterocycles. The average Bonchev–Trinajstić information content (AvgIpc) is 2.45. The zero-order chi connectivity index (χ0) is 14.6. The average molecular weight is 294 g/mol. The molecular formula is C18H28ClN. The molecule has 0 saturated heterocycles. The second-order valence-corrected chi connectivity index (χ2v) is 7.13. The Morgan fingerprint density at radius 3 is 2.55 bits per heavy atom. The van der Waals surface area contributed by atoms with Crippen LogP contribution in [0, 0.1) is 5.92 Å². The molecule has 112 valence electrons. The van der Waals surface area contributed by atoms with Crippen molar-refractivity contribution in [3.05, 3.63) is 35.4 Å². The molecule has 0 amide bonds. The highest BCUT2D eigenvalue weighted by Gasteiger charge is 2.33. The molecule has 2 heteroatoms. The van der Waals surface area contributed by atoms with E-state index in [2.05, 4.69) is 50.4 Å². The summed E-state index contributed by atoms with van der Waals surface area (Å²) in [7, 11) is 0. The predicted molar refractivity (Wildman–Crippen MR) is 88.5 cm³/mol. The molecule has 1 saturated carbocycles. The molecule has 2 unspecified atom stereocenters. The summed E-state index contributed by atoms with van der Waals surface area (Å²) in [6.07, 6.45) is 5.07. The second-order valence-electron chi connectivity index (χ2n) is 6.87. The molecule has 0 aromatic heterocycles. The third-order valence-corrected chi connectivity index (χ3v) is 5.17. The first-order valence-corrected chi connectivity index (χ1v) is 8.48. The van der Waals surface area contributed by atoms with Crippen LogP contribution in [0.3, 0.4) is 0 Å². The Balaban J connectivity index is 1.96. The molecule has 20 heavy (non-hydrogen) atoms. The van der Waals surface area contributed by atoms with Gasteiger partial charge in [0.25, 0.3) is 0 Å². The van der Waals surface area contributed by atoms with Gasteiger partial charge in [-0.25, -0.2) is 0 Å². The highest BCUT2D eigenvalue weighted by molar-refractivity contribution is 6.18. The number of hydrogen-bond donors (Lipinski definition) is 1. The third kappa shape index (κ3) is 3.99. The summed E-state index contributed by atoms with van der Waals surface area (Å²) in [5.41, 5.74) is 2.92. The van der Waals surface area contributed by atoms with Crippen LogP contribution in [0.15, 0.2) is 24.3 Å². The van der Waals surface area contributed by atoms with Crippen molar-refractivity contribution in [2.45, 2.75) is 64.5 Å². The van der Waals surface area contributed by atoms with Crippen LogP contribution in [0.2, 0.25) is 0 Å². The standard InChI is InChI=1S/C18H28ClN/c1-14(2)17-8-6-16(7-9-17)12-20-18(13-19)10-4-5-15(3)11-18/h6-9,14-15,20H,4-5,10-13H2,1-3H3. The molecule has 1 fully saturated rings. The van der Waals surface area contributed by atoms with Crippen molar-refractivity contribution in [2.75, 3.05) is 5.88 Å². The molecule has 2 atom stereocenters. The number of alkyl halides is 1. The lowest BCUT2D eigenvalue weighted by Crippen LogP contribution is -2.49. The van der Waals surface area contributed by atoms with Gasteiger partial charge in [-0.05, 0) is 35.8 Å². The first kappa shape index (κ1) is 15.9. The summed E-state index contributed by atoms with van der Waals surface area (Å²) in [5, 5.41) is 3.75. The van der Waals surface area contributed by atoms with Crippen LogP contribution in [0.5, 0.6) is 0 Å². The van der Waals surface area contributed by atoms with Gasteiger partial charge in [0, 0.05) is 18.0 Å². The van der Waals surface area contributed by atoms with Crippen molar-refractivity contribution in [1.29, 1.82) is 0 Å².